The number of aliphatic hydroxyl groups excluding tert-OH is 1. The first-order valence-electron chi connectivity index (χ1n) is 4.84. The van der Waals surface area contributed by atoms with Crippen molar-refractivity contribution < 1.29 is 5.11 Å². The quantitative estimate of drug-likeness (QED) is 0.721. The molecule has 1 heterocycles. The zero-order valence-corrected chi connectivity index (χ0v) is 8.64. The summed E-state index contributed by atoms with van der Waals surface area (Å²) in [5.41, 5.74) is 0. The molecule has 0 aliphatic carbocycles. The van der Waals surface area contributed by atoms with Gasteiger partial charge in [-0.25, -0.2) is 9.97 Å². The van der Waals surface area contributed by atoms with Gasteiger partial charge >= 0.3 is 0 Å². The molecule has 2 N–H and O–H groups in total. The van der Waals surface area contributed by atoms with Crippen LogP contribution in [0.15, 0.2) is 18.5 Å². The van der Waals surface area contributed by atoms with E-state index in [2.05, 4.69) is 29.1 Å². The van der Waals surface area contributed by atoms with Gasteiger partial charge in [0.15, 0.2) is 0 Å². The number of hydrogen-bond donors (Lipinski definition) is 2. The van der Waals surface area contributed by atoms with E-state index in [0.29, 0.717) is 12.5 Å². The normalized spacial score (nSPS) is 13.1. The Morgan fingerprint density at radius 1 is 1.36 bits per heavy atom. The second kappa shape index (κ2) is 5.67. The molecule has 0 aliphatic heterocycles. The van der Waals surface area contributed by atoms with Gasteiger partial charge in [0.05, 0.1) is 13.2 Å². The molecule has 0 bridgehead atoms. The van der Waals surface area contributed by atoms with Crippen LogP contribution in [0.4, 0.5) is 0 Å². The summed E-state index contributed by atoms with van der Waals surface area (Å²) in [5.74, 6) is 1.16. The minimum Gasteiger partial charge on any atom is -0.395 e. The van der Waals surface area contributed by atoms with E-state index in [-0.39, 0.29) is 12.6 Å². The molecule has 1 aromatic heterocycles. The van der Waals surface area contributed by atoms with Gasteiger partial charge in [-0.05, 0) is 12.0 Å². The fourth-order valence-corrected chi connectivity index (χ4v) is 1.15. The van der Waals surface area contributed by atoms with Gasteiger partial charge in [0, 0.05) is 18.4 Å². The lowest BCUT2D eigenvalue weighted by molar-refractivity contribution is 0.209. The van der Waals surface area contributed by atoms with Crippen molar-refractivity contribution in [1.29, 1.82) is 0 Å². The number of rotatable bonds is 5. The van der Waals surface area contributed by atoms with E-state index in [0.717, 1.165) is 5.82 Å². The Morgan fingerprint density at radius 3 is 2.50 bits per heavy atom. The Bertz CT molecular complexity index is 251. The maximum atomic E-state index is 9.07. The largest absolute Gasteiger partial charge is 0.395 e. The number of aliphatic hydroxyl groups is 1. The Kier molecular flexibility index (Phi) is 4.49. The van der Waals surface area contributed by atoms with Crippen LogP contribution in [0, 0.1) is 5.92 Å². The topological polar surface area (TPSA) is 58.0 Å². The molecule has 0 aromatic carbocycles. The third-order valence-electron chi connectivity index (χ3n) is 2.14. The molecule has 4 nitrogen and oxygen atoms in total. The summed E-state index contributed by atoms with van der Waals surface area (Å²) in [5, 5.41) is 12.3. The van der Waals surface area contributed by atoms with E-state index in [9.17, 15) is 0 Å². The lowest BCUT2D eigenvalue weighted by Crippen LogP contribution is -2.36. The predicted molar refractivity (Wildman–Crippen MR) is 54.6 cm³/mol. The van der Waals surface area contributed by atoms with Crippen molar-refractivity contribution in [2.24, 2.45) is 5.92 Å². The van der Waals surface area contributed by atoms with Crippen molar-refractivity contribution in [2.45, 2.75) is 26.4 Å². The molecule has 1 atom stereocenters. The maximum absolute atomic E-state index is 9.07. The lowest BCUT2D eigenvalue weighted by atomic mass is 10.1. The molecule has 0 saturated carbocycles. The average Bonchev–Trinajstić information content (AvgIpc) is 2.20. The first-order valence-corrected chi connectivity index (χ1v) is 4.84. The summed E-state index contributed by atoms with van der Waals surface area (Å²) >= 11 is 0. The van der Waals surface area contributed by atoms with Crippen molar-refractivity contribution >= 4 is 0 Å². The summed E-state index contributed by atoms with van der Waals surface area (Å²) in [6.07, 6.45) is 3.43. The molecule has 0 radical (unpaired) electrons. The molecule has 1 aromatic rings. The standard InChI is InChI=1S/C10H17N3O/c1-8(2)9(7-14)13-6-10-11-4-3-5-12-10/h3-5,8-9,13-14H,6-7H2,1-2H3. The predicted octanol–water partition coefficient (Wildman–Crippen LogP) is 0.583. The molecule has 4 heteroatoms. The van der Waals surface area contributed by atoms with Gasteiger partial charge in [-0.2, -0.15) is 0 Å². The van der Waals surface area contributed by atoms with Crippen molar-refractivity contribution in [1.82, 2.24) is 15.3 Å². The average molecular weight is 195 g/mol. The van der Waals surface area contributed by atoms with Gasteiger partial charge < -0.3 is 10.4 Å². The summed E-state index contributed by atoms with van der Waals surface area (Å²) in [7, 11) is 0. The molecular weight excluding hydrogens is 178 g/mol. The van der Waals surface area contributed by atoms with E-state index < -0.39 is 0 Å². The van der Waals surface area contributed by atoms with Crippen LogP contribution >= 0.6 is 0 Å². The van der Waals surface area contributed by atoms with Crippen LogP contribution in [-0.4, -0.2) is 27.7 Å². The minimum atomic E-state index is 0.110. The van der Waals surface area contributed by atoms with Crippen molar-refractivity contribution in [3.05, 3.63) is 24.3 Å². The first kappa shape index (κ1) is 11.1. The van der Waals surface area contributed by atoms with Gasteiger partial charge in [0.2, 0.25) is 0 Å². The molecule has 1 unspecified atom stereocenters. The fourth-order valence-electron chi connectivity index (χ4n) is 1.15. The Morgan fingerprint density at radius 2 is 2.00 bits per heavy atom. The first-order chi connectivity index (χ1) is 6.74. The third kappa shape index (κ3) is 3.40. The molecule has 1 rings (SSSR count). The second-order valence-corrected chi connectivity index (χ2v) is 3.58. The van der Waals surface area contributed by atoms with Gasteiger partial charge in [-0.3, -0.25) is 0 Å². The van der Waals surface area contributed by atoms with Gasteiger partial charge in [-0.1, -0.05) is 13.8 Å². The van der Waals surface area contributed by atoms with Crippen molar-refractivity contribution in [3.8, 4) is 0 Å². The van der Waals surface area contributed by atoms with Crippen LogP contribution in [0.2, 0.25) is 0 Å². The van der Waals surface area contributed by atoms with Crippen LogP contribution in [-0.2, 0) is 6.54 Å². The summed E-state index contributed by atoms with van der Waals surface area (Å²) in [6.45, 7) is 4.88. The zero-order valence-electron chi connectivity index (χ0n) is 8.64. The Balaban J connectivity index is 2.40. The maximum Gasteiger partial charge on any atom is 0.141 e. The van der Waals surface area contributed by atoms with Gasteiger partial charge in [-0.15, -0.1) is 0 Å². The number of hydrogen-bond acceptors (Lipinski definition) is 4. The summed E-state index contributed by atoms with van der Waals surface area (Å²) in [4.78, 5) is 8.18. The van der Waals surface area contributed by atoms with E-state index in [1.165, 1.54) is 0 Å². The van der Waals surface area contributed by atoms with Crippen LogP contribution < -0.4 is 5.32 Å². The highest BCUT2D eigenvalue weighted by Crippen LogP contribution is 2.00. The highest BCUT2D eigenvalue weighted by atomic mass is 16.3. The minimum absolute atomic E-state index is 0.110. The van der Waals surface area contributed by atoms with Crippen LogP contribution in [0.5, 0.6) is 0 Å². The summed E-state index contributed by atoms with van der Waals surface area (Å²) in [6, 6.07) is 1.90. The molecule has 0 amide bonds. The Labute approximate surface area is 84.4 Å². The number of aromatic nitrogens is 2. The molecular formula is C10H17N3O. The van der Waals surface area contributed by atoms with E-state index >= 15 is 0 Å². The molecule has 0 aliphatic rings. The van der Waals surface area contributed by atoms with E-state index in [1.807, 2.05) is 0 Å². The Hall–Kier alpha value is -1.00. The van der Waals surface area contributed by atoms with Crippen LogP contribution in [0.3, 0.4) is 0 Å². The van der Waals surface area contributed by atoms with Gasteiger partial charge in [0.1, 0.15) is 5.82 Å². The highest BCUT2D eigenvalue weighted by molar-refractivity contribution is 4.88. The number of nitrogens with zero attached hydrogens (tertiary/aromatic N) is 2. The van der Waals surface area contributed by atoms with E-state index in [1.54, 1.807) is 18.5 Å². The molecule has 14 heavy (non-hydrogen) atoms. The fraction of sp³-hybridized carbons (Fsp3) is 0.600. The van der Waals surface area contributed by atoms with Gasteiger partial charge in [0.25, 0.3) is 0 Å². The monoisotopic (exact) mass is 195 g/mol. The molecule has 0 spiro atoms. The third-order valence-corrected chi connectivity index (χ3v) is 2.14. The zero-order chi connectivity index (χ0) is 10.4. The smallest absolute Gasteiger partial charge is 0.141 e. The van der Waals surface area contributed by atoms with Crippen LogP contribution in [0.25, 0.3) is 0 Å². The van der Waals surface area contributed by atoms with E-state index in [4.69, 9.17) is 5.11 Å². The molecule has 78 valence electrons. The SMILES string of the molecule is CC(C)C(CO)NCc1ncccn1. The second-order valence-electron chi connectivity index (χ2n) is 3.58. The van der Waals surface area contributed by atoms with Crippen molar-refractivity contribution in [2.75, 3.05) is 6.61 Å². The lowest BCUT2D eigenvalue weighted by Gasteiger charge is -2.19. The molecule has 0 fully saturated rings. The van der Waals surface area contributed by atoms with Crippen molar-refractivity contribution in [3.63, 3.8) is 0 Å². The summed E-state index contributed by atoms with van der Waals surface area (Å²) < 4.78 is 0. The molecule has 0 saturated heterocycles. The number of nitrogens with one attached hydrogen (secondary N) is 1. The van der Waals surface area contributed by atoms with Crippen LogP contribution in [0.1, 0.15) is 19.7 Å². The highest BCUT2D eigenvalue weighted by Gasteiger charge is 2.11.